The molecule has 2 aromatic rings. The van der Waals surface area contributed by atoms with Gasteiger partial charge in [0.1, 0.15) is 5.60 Å². The quantitative estimate of drug-likeness (QED) is 0.945. The summed E-state index contributed by atoms with van der Waals surface area (Å²) in [5.74, 6) is 0. The maximum Gasteiger partial charge on any atom is 0.133 e. The van der Waals surface area contributed by atoms with Crippen molar-refractivity contribution in [2.75, 3.05) is 0 Å². The number of hydrogen-bond donors (Lipinski definition) is 1. The van der Waals surface area contributed by atoms with Crippen LogP contribution in [-0.4, -0.2) is 14.9 Å². The van der Waals surface area contributed by atoms with Crippen molar-refractivity contribution in [1.29, 1.82) is 0 Å². The molecule has 0 fully saturated rings. The molecule has 1 aromatic carbocycles. The fraction of sp³-hybridized carbons (Fsp3) is 0.308. The summed E-state index contributed by atoms with van der Waals surface area (Å²) in [6, 6.07) is 9.56. The first kappa shape index (κ1) is 12.3. The monoisotopic (exact) mass is 294 g/mol. The summed E-state index contributed by atoms with van der Waals surface area (Å²) in [6.45, 7) is 1.95. The smallest absolute Gasteiger partial charge is 0.133 e. The second-order valence-electron chi connectivity index (χ2n) is 4.10. The molecular weight excluding hydrogens is 280 g/mol. The Balaban J connectivity index is 2.51. The highest BCUT2D eigenvalue weighted by atomic mass is 79.9. The van der Waals surface area contributed by atoms with E-state index in [4.69, 9.17) is 0 Å². The third kappa shape index (κ3) is 2.28. The van der Waals surface area contributed by atoms with Crippen LogP contribution in [0.25, 0.3) is 0 Å². The highest BCUT2D eigenvalue weighted by Crippen LogP contribution is 2.32. The molecule has 1 aromatic heterocycles. The zero-order chi connectivity index (χ0) is 12.5. The Morgan fingerprint density at radius 1 is 1.41 bits per heavy atom. The first-order valence-electron chi connectivity index (χ1n) is 5.55. The SMILES string of the molecule is CCC(O)(c1cccc(Br)c1)c1ccn(C)n1. The van der Waals surface area contributed by atoms with Gasteiger partial charge in [0, 0.05) is 17.7 Å². The van der Waals surface area contributed by atoms with E-state index >= 15 is 0 Å². The van der Waals surface area contributed by atoms with E-state index in [0.717, 1.165) is 10.0 Å². The van der Waals surface area contributed by atoms with Gasteiger partial charge in [-0.05, 0) is 30.2 Å². The maximum atomic E-state index is 10.8. The summed E-state index contributed by atoms with van der Waals surface area (Å²) < 4.78 is 2.66. The zero-order valence-corrected chi connectivity index (χ0v) is 11.5. The molecule has 0 saturated carbocycles. The number of aliphatic hydroxyl groups is 1. The van der Waals surface area contributed by atoms with Crippen molar-refractivity contribution in [3.8, 4) is 0 Å². The number of benzene rings is 1. The average Bonchev–Trinajstić information content (AvgIpc) is 2.75. The first-order chi connectivity index (χ1) is 8.06. The van der Waals surface area contributed by atoms with E-state index in [9.17, 15) is 5.11 Å². The minimum Gasteiger partial charge on any atom is -0.379 e. The lowest BCUT2D eigenvalue weighted by Crippen LogP contribution is -2.27. The van der Waals surface area contributed by atoms with Crippen LogP contribution in [0, 0.1) is 0 Å². The van der Waals surface area contributed by atoms with E-state index in [1.54, 1.807) is 4.68 Å². The van der Waals surface area contributed by atoms with Crippen LogP contribution in [0.3, 0.4) is 0 Å². The van der Waals surface area contributed by atoms with Crippen LogP contribution in [0.15, 0.2) is 41.0 Å². The zero-order valence-electron chi connectivity index (χ0n) is 9.89. The van der Waals surface area contributed by atoms with Gasteiger partial charge in [0.15, 0.2) is 0 Å². The Morgan fingerprint density at radius 3 is 2.71 bits per heavy atom. The van der Waals surface area contributed by atoms with Gasteiger partial charge in [0.2, 0.25) is 0 Å². The van der Waals surface area contributed by atoms with Gasteiger partial charge in [-0.3, -0.25) is 4.68 Å². The number of hydrogen-bond acceptors (Lipinski definition) is 2. The molecule has 0 aliphatic carbocycles. The molecule has 0 amide bonds. The highest BCUT2D eigenvalue weighted by Gasteiger charge is 2.31. The molecule has 0 spiro atoms. The molecule has 1 unspecified atom stereocenters. The van der Waals surface area contributed by atoms with Gasteiger partial charge >= 0.3 is 0 Å². The normalized spacial score (nSPS) is 14.6. The fourth-order valence-corrected chi connectivity index (χ4v) is 2.31. The third-order valence-corrected chi connectivity index (χ3v) is 3.44. The Hall–Kier alpha value is -1.13. The van der Waals surface area contributed by atoms with E-state index in [-0.39, 0.29) is 0 Å². The molecule has 0 aliphatic rings. The van der Waals surface area contributed by atoms with Crippen LogP contribution < -0.4 is 0 Å². The molecule has 2 rings (SSSR count). The van der Waals surface area contributed by atoms with Gasteiger partial charge in [-0.2, -0.15) is 5.10 Å². The van der Waals surface area contributed by atoms with Gasteiger partial charge in [0.25, 0.3) is 0 Å². The van der Waals surface area contributed by atoms with Gasteiger partial charge in [-0.15, -0.1) is 0 Å². The Bertz CT molecular complexity index is 524. The fourth-order valence-electron chi connectivity index (χ4n) is 1.91. The summed E-state index contributed by atoms with van der Waals surface area (Å²) in [6.07, 6.45) is 2.43. The summed E-state index contributed by atoms with van der Waals surface area (Å²) >= 11 is 3.42. The van der Waals surface area contributed by atoms with E-state index < -0.39 is 5.60 Å². The van der Waals surface area contributed by atoms with Gasteiger partial charge < -0.3 is 5.11 Å². The molecule has 4 heteroatoms. The van der Waals surface area contributed by atoms with Crippen LogP contribution in [0.2, 0.25) is 0 Å². The molecule has 1 N–H and O–H groups in total. The van der Waals surface area contributed by atoms with Crippen molar-refractivity contribution in [2.24, 2.45) is 7.05 Å². The molecule has 1 heterocycles. The molecule has 0 aliphatic heterocycles. The lowest BCUT2D eigenvalue weighted by molar-refractivity contribution is 0.0712. The van der Waals surface area contributed by atoms with E-state index in [2.05, 4.69) is 21.0 Å². The van der Waals surface area contributed by atoms with Crippen molar-refractivity contribution < 1.29 is 5.11 Å². The van der Waals surface area contributed by atoms with Crippen LogP contribution in [0.1, 0.15) is 24.6 Å². The Labute approximate surface area is 109 Å². The minimum atomic E-state index is -1.02. The number of aryl methyl sites for hydroxylation is 1. The summed E-state index contributed by atoms with van der Waals surface area (Å²) in [7, 11) is 1.85. The number of aromatic nitrogens is 2. The van der Waals surface area contributed by atoms with Crippen molar-refractivity contribution >= 4 is 15.9 Å². The standard InChI is InChI=1S/C13H15BrN2O/c1-3-13(17,12-7-8-16(2)15-12)10-5-4-6-11(14)9-10/h4-9,17H,3H2,1-2H3. The van der Waals surface area contributed by atoms with E-state index in [1.807, 2.05) is 50.5 Å². The van der Waals surface area contributed by atoms with Crippen LogP contribution in [-0.2, 0) is 12.6 Å². The minimum absolute atomic E-state index is 0.584. The predicted molar refractivity (Wildman–Crippen MR) is 70.6 cm³/mol. The molecule has 0 radical (unpaired) electrons. The predicted octanol–water partition coefficient (Wildman–Crippen LogP) is 2.83. The van der Waals surface area contributed by atoms with Crippen LogP contribution in [0.5, 0.6) is 0 Å². The van der Waals surface area contributed by atoms with Crippen molar-refractivity contribution in [3.05, 3.63) is 52.3 Å². The third-order valence-electron chi connectivity index (χ3n) is 2.95. The van der Waals surface area contributed by atoms with Crippen LogP contribution >= 0.6 is 15.9 Å². The van der Waals surface area contributed by atoms with Gasteiger partial charge in [0.05, 0.1) is 5.69 Å². The number of rotatable bonds is 3. The molecule has 1 atom stereocenters. The molecule has 3 nitrogen and oxygen atoms in total. The maximum absolute atomic E-state index is 10.8. The van der Waals surface area contributed by atoms with Crippen molar-refractivity contribution in [2.45, 2.75) is 18.9 Å². The van der Waals surface area contributed by atoms with Gasteiger partial charge in [-0.1, -0.05) is 35.0 Å². The summed E-state index contributed by atoms with van der Waals surface area (Å²) in [4.78, 5) is 0. The average molecular weight is 295 g/mol. The van der Waals surface area contributed by atoms with Crippen molar-refractivity contribution in [1.82, 2.24) is 9.78 Å². The number of halogens is 1. The molecule has 90 valence electrons. The van der Waals surface area contributed by atoms with E-state index in [1.165, 1.54) is 0 Å². The lowest BCUT2D eigenvalue weighted by atomic mass is 9.88. The van der Waals surface area contributed by atoms with Gasteiger partial charge in [-0.25, -0.2) is 0 Å². The summed E-state index contributed by atoms with van der Waals surface area (Å²) in [5.41, 5.74) is 0.513. The van der Waals surface area contributed by atoms with E-state index in [0.29, 0.717) is 12.1 Å². The first-order valence-corrected chi connectivity index (χ1v) is 6.34. The Kier molecular flexibility index (Phi) is 3.35. The second kappa shape index (κ2) is 4.63. The molecule has 0 bridgehead atoms. The number of nitrogens with zero attached hydrogens (tertiary/aromatic N) is 2. The molecular formula is C13H15BrN2O. The molecule has 17 heavy (non-hydrogen) atoms. The highest BCUT2D eigenvalue weighted by molar-refractivity contribution is 9.10. The summed E-state index contributed by atoms with van der Waals surface area (Å²) in [5, 5.41) is 15.1. The van der Waals surface area contributed by atoms with Crippen LogP contribution in [0.4, 0.5) is 0 Å². The van der Waals surface area contributed by atoms with Crippen molar-refractivity contribution in [3.63, 3.8) is 0 Å². The second-order valence-corrected chi connectivity index (χ2v) is 5.01. The largest absolute Gasteiger partial charge is 0.379 e. The Morgan fingerprint density at radius 2 is 2.18 bits per heavy atom. The topological polar surface area (TPSA) is 38.0 Å². The lowest BCUT2D eigenvalue weighted by Gasteiger charge is -2.25. The molecule has 0 saturated heterocycles.